The van der Waals surface area contributed by atoms with Gasteiger partial charge in [0.1, 0.15) is 12.4 Å². The molecule has 1 aliphatic rings. The minimum atomic E-state index is -1.04. The van der Waals surface area contributed by atoms with Crippen molar-refractivity contribution in [2.75, 3.05) is 46.4 Å². The van der Waals surface area contributed by atoms with E-state index in [1.807, 2.05) is 0 Å². The summed E-state index contributed by atoms with van der Waals surface area (Å²) in [5, 5.41) is 9.22. The van der Waals surface area contributed by atoms with E-state index in [0.717, 1.165) is 32.7 Å². The molecule has 20 heavy (non-hydrogen) atoms. The molecular formula is C14H19ClN2O3. The normalized spacial score (nSPS) is 17.1. The number of benzene rings is 1. The number of piperazine rings is 1. The number of carboxylic acids is 1. The number of ether oxygens (including phenoxy) is 1. The average molecular weight is 299 g/mol. The van der Waals surface area contributed by atoms with Gasteiger partial charge in [-0.05, 0) is 25.2 Å². The molecule has 0 unspecified atom stereocenters. The summed E-state index contributed by atoms with van der Waals surface area (Å²) in [4.78, 5) is 15.6. The number of carboxylic acid groups (broad SMARTS) is 1. The predicted octanol–water partition coefficient (Wildman–Crippen LogP) is 1.66. The lowest BCUT2D eigenvalue weighted by Crippen LogP contribution is -2.45. The molecule has 0 spiro atoms. The summed E-state index contributed by atoms with van der Waals surface area (Å²) in [7, 11) is 2.12. The zero-order chi connectivity index (χ0) is 14.5. The van der Waals surface area contributed by atoms with Crippen LogP contribution < -0.4 is 4.74 Å². The molecular weight excluding hydrogens is 280 g/mol. The van der Waals surface area contributed by atoms with Gasteiger partial charge in [0.25, 0.3) is 0 Å². The largest absolute Gasteiger partial charge is 0.492 e. The summed E-state index contributed by atoms with van der Waals surface area (Å²) >= 11 is 5.81. The molecule has 0 radical (unpaired) electrons. The van der Waals surface area contributed by atoms with Crippen LogP contribution in [0.4, 0.5) is 0 Å². The van der Waals surface area contributed by atoms with E-state index in [1.54, 1.807) is 12.1 Å². The summed E-state index contributed by atoms with van der Waals surface area (Å²) in [5.74, 6) is -0.500. The van der Waals surface area contributed by atoms with Crippen molar-refractivity contribution >= 4 is 17.6 Å². The maximum Gasteiger partial charge on any atom is 0.337 e. The van der Waals surface area contributed by atoms with Crippen molar-refractivity contribution < 1.29 is 14.6 Å². The molecule has 2 rings (SSSR count). The number of hydrogen-bond donors (Lipinski definition) is 1. The van der Waals surface area contributed by atoms with E-state index in [9.17, 15) is 4.79 Å². The third-order valence-electron chi connectivity index (χ3n) is 3.44. The van der Waals surface area contributed by atoms with Crippen LogP contribution in [0.15, 0.2) is 18.2 Å². The number of aromatic carboxylic acids is 1. The van der Waals surface area contributed by atoms with Gasteiger partial charge in [0, 0.05) is 32.7 Å². The van der Waals surface area contributed by atoms with Gasteiger partial charge in [-0.2, -0.15) is 0 Å². The summed E-state index contributed by atoms with van der Waals surface area (Å²) in [5.41, 5.74) is 0.0729. The Bertz CT molecular complexity index is 473. The van der Waals surface area contributed by atoms with E-state index in [-0.39, 0.29) is 10.6 Å². The first kappa shape index (κ1) is 15.1. The van der Waals surface area contributed by atoms with Crippen LogP contribution in [0.25, 0.3) is 0 Å². The molecule has 110 valence electrons. The number of carbonyl (C=O) groups is 1. The Labute approximate surface area is 123 Å². The predicted molar refractivity (Wildman–Crippen MR) is 77.8 cm³/mol. The standard InChI is InChI=1S/C14H19ClN2O3/c1-16-4-6-17(7-5-16)8-9-20-11-2-3-13(15)12(10-11)14(18)19/h2-3,10H,4-9H2,1H3,(H,18,19). The zero-order valence-corrected chi connectivity index (χ0v) is 12.3. The molecule has 1 aromatic rings. The Morgan fingerprint density at radius 1 is 1.35 bits per heavy atom. The third-order valence-corrected chi connectivity index (χ3v) is 3.77. The highest BCUT2D eigenvalue weighted by Gasteiger charge is 2.14. The lowest BCUT2D eigenvalue weighted by molar-refractivity contribution is 0.0696. The van der Waals surface area contributed by atoms with E-state index in [0.29, 0.717) is 12.4 Å². The molecule has 1 aromatic carbocycles. The van der Waals surface area contributed by atoms with Crippen molar-refractivity contribution in [3.8, 4) is 5.75 Å². The van der Waals surface area contributed by atoms with E-state index < -0.39 is 5.97 Å². The van der Waals surface area contributed by atoms with Crippen LogP contribution in [0.2, 0.25) is 5.02 Å². The Kier molecular flexibility index (Phi) is 5.23. The molecule has 1 N–H and O–H groups in total. The van der Waals surface area contributed by atoms with Crippen LogP contribution in [0.1, 0.15) is 10.4 Å². The van der Waals surface area contributed by atoms with Gasteiger partial charge in [-0.1, -0.05) is 11.6 Å². The van der Waals surface area contributed by atoms with Crippen molar-refractivity contribution in [2.45, 2.75) is 0 Å². The fourth-order valence-electron chi connectivity index (χ4n) is 2.12. The minimum Gasteiger partial charge on any atom is -0.492 e. The first-order chi connectivity index (χ1) is 9.56. The van der Waals surface area contributed by atoms with Crippen LogP contribution in [-0.2, 0) is 0 Å². The highest BCUT2D eigenvalue weighted by atomic mass is 35.5. The molecule has 6 heteroatoms. The Hall–Kier alpha value is -1.30. The van der Waals surface area contributed by atoms with Gasteiger partial charge in [-0.25, -0.2) is 4.79 Å². The van der Waals surface area contributed by atoms with Crippen LogP contribution in [0.5, 0.6) is 5.75 Å². The number of nitrogens with zero attached hydrogens (tertiary/aromatic N) is 2. The second-order valence-electron chi connectivity index (χ2n) is 4.94. The maximum absolute atomic E-state index is 11.0. The zero-order valence-electron chi connectivity index (χ0n) is 11.5. The van der Waals surface area contributed by atoms with E-state index in [2.05, 4.69) is 16.8 Å². The topological polar surface area (TPSA) is 53.0 Å². The molecule has 0 saturated carbocycles. The minimum absolute atomic E-state index is 0.0729. The quantitative estimate of drug-likeness (QED) is 0.896. The molecule has 1 saturated heterocycles. The molecule has 0 atom stereocenters. The number of likely N-dealkylation sites (N-methyl/N-ethyl adjacent to an activating group) is 1. The van der Waals surface area contributed by atoms with E-state index >= 15 is 0 Å². The van der Waals surface area contributed by atoms with Gasteiger partial charge in [0.15, 0.2) is 0 Å². The lowest BCUT2D eigenvalue weighted by atomic mass is 10.2. The van der Waals surface area contributed by atoms with Crippen molar-refractivity contribution in [3.63, 3.8) is 0 Å². The van der Waals surface area contributed by atoms with Crippen molar-refractivity contribution in [3.05, 3.63) is 28.8 Å². The summed E-state index contributed by atoms with van der Waals surface area (Å²) in [6.45, 7) is 5.62. The first-order valence-electron chi connectivity index (χ1n) is 6.63. The number of halogens is 1. The van der Waals surface area contributed by atoms with Crippen LogP contribution in [0, 0.1) is 0 Å². The maximum atomic E-state index is 11.0. The second kappa shape index (κ2) is 6.92. The third kappa shape index (κ3) is 4.10. The fraction of sp³-hybridized carbons (Fsp3) is 0.500. The Morgan fingerprint density at radius 2 is 2.05 bits per heavy atom. The van der Waals surface area contributed by atoms with Gasteiger partial charge in [-0.3, -0.25) is 4.90 Å². The SMILES string of the molecule is CN1CCN(CCOc2ccc(Cl)c(C(=O)O)c2)CC1. The fourth-order valence-corrected chi connectivity index (χ4v) is 2.32. The molecule has 0 bridgehead atoms. The second-order valence-corrected chi connectivity index (χ2v) is 5.35. The Morgan fingerprint density at radius 3 is 2.70 bits per heavy atom. The summed E-state index contributed by atoms with van der Waals surface area (Å²) in [6, 6.07) is 4.71. The van der Waals surface area contributed by atoms with Gasteiger partial charge in [-0.15, -0.1) is 0 Å². The molecule has 0 aliphatic carbocycles. The van der Waals surface area contributed by atoms with Crippen molar-refractivity contribution in [1.82, 2.24) is 9.80 Å². The highest BCUT2D eigenvalue weighted by Crippen LogP contribution is 2.22. The molecule has 1 fully saturated rings. The monoisotopic (exact) mass is 298 g/mol. The van der Waals surface area contributed by atoms with Crippen LogP contribution in [0.3, 0.4) is 0 Å². The Balaban J connectivity index is 1.82. The molecule has 1 heterocycles. The van der Waals surface area contributed by atoms with E-state index in [1.165, 1.54) is 6.07 Å². The van der Waals surface area contributed by atoms with Crippen molar-refractivity contribution in [1.29, 1.82) is 0 Å². The van der Waals surface area contributed by atoms with Crippen LogP contribution >= 0.6 is 11.6 Å². The molecule has 0 amide bonds. The van der Waals surface area contributed by atoms with Gasteiger partial charge in [0.05, 0.1) is 10.6 Å². The number of hydrogen-bond acceptors (Lipinski definition) is 4. The van der Waals surface area contributed by atoms with E-state index in [4.69, 9.17) is 21.4 Å². The molecule has 5 nitrogen and oxygen atoms in total. The van der Waals surface area contributed by atoms with Crippen LogP contribution in [-0.4, -0.2) is 67.3 Å². The van der Waals surface area contributed by atoms with Gasteiger partial charge < -0.3 is 14.7 Å². The van der Waals surface area contributed by atoms with Crippen molar-refractivity contribution in [2.24, 2.45) is 0 Å². The average Bonchev–Trinajstić information content (AvgIpc) is 2.42. The van der Waals surface area contributed by atoms with Gasteiger partial charge >= 0.3 is 5.97 Å². The molecule has 1 aliphatic heterocycles. The van der Waals surface area contributed by atoms with Gasteiger partial charge in [0.2, 0.25) is 0 Å². The molecule has 0 aromatic heterocycles. The smallest absolute Gasteiger partial charge is 0.337 e. The highest BCUT2D eigenvalue weighted by molar-refractivity contribution is 6.33. The summed E-state index contributed by atoms with van der Waals surface area (Å²) in [6.07, 6.45) is 0. The first-order valence-corrected chi connectivity index (χ1v) is 7.00. The number of rotatable bonds is 5. The lowest BCUT2D eigenvalue weighted by Gasteiger charge is -2.32. The summed E-state index contributed by atoms with van der Waals surface area (Å²) < 4.78 is 5.60.